The minimum Gasteiger partial charge on any atom is -0.493 e. The number of benzene rings is 1. The van der Waals surface area contributed by atoms with Crippen molar-refractivity contribution in [2.75, 3.05) is 13.7 Å². The molecule has 1 aromatic carbocycles. The van der Waals surface area contributed by atoms with Gasteiger partial charge in [0.15, 0.2) is 11.5 Å². The van der Waals surface area contributed by atoms with Crippen molar-refractivity contribution >= 4 is 11.0 Å². The van der Waals surface area contributed by atoms with E-state index >= 15 is 0 Å². The normalized spacial score (nSPS) is 29.6. The third-order valence-electron chi connectivity index (χ3n) is 4.00. The summed E-state index contributed by atoms with van der Waals surface area (Å²) < 4.78 is 21.1. The van der Waals surface area contributed by atoms with E-state index in [4.69, 9.17) is 18.6 Å². The van der Waals surface area contributed by atoms with Crippen LogP contribution in [0, 0.1) is 0 Å². The number of ether oxygens (including phenoxy) is 3. The van der Waals surface area contributed by atoms with Gasteiger partial charge >= 0.3 is 5.63 Å². The van der Waals surface area contributed by atoms with E-state index in [1.165, 1.54) is 19.2 Å². The number of hydrogen-bond acceptors (Lipinski definition) is 9. The van der Waals surface area contributed by atoms with E-state index in [1.807, 2.05) is 0 Å². The van der Waals surface area contributed by atoms with Crippen LogP contribution in [0.2, 0.25) is 0 Å². The minimum absolute atomic E-state index is 0.0914. The highest BCUT2D eigenvalue weighted by Gasteiger charge is 2.45. The summed E-state index contributed by atoms with van der Waals surface area (Å²) in [5.41, 5.74) is -0.315. The predicted octanol–water partition coefficient (Wildman–Crippen LogP) is -1.02. The predicted molar refractivity (Wildman–Crippen MR) is 83.4 cm³/mol. The molecular formula is C16H18O9. The summed E-state index contributed by atoms with van der Waals surface area (Å²) in [4.78, 5) is 11.4. The van der Waals surface area contributed by atoms with Gasteiger partial charge in [0.1, 0.15) is 30.0 Å². The molecule has 0 spiro atoms. The molecule has 2 aromatic rings. The molecule has 9 heteroatoms. The van der Waals surface area contributed by atoms with Gasteiger partial charge in [0.2, 0.25) is 6.29 Å². The molecule has 0 bridgehead atoms. The quantitative estimate of drug-likeness (QED) is 0.508. The minimum atomic E-state index is -1.57. The summed E-state index contributed by atoms with van der Waals surface area (Å²) in [5.74, 6) is 0.368. The molecule has 0 amide bonds. The van der Waals surface area contributed by atoms with Crippen LogP contribution >= 0.6 is 0 Å². The standard InChI is InChI=1S/C16H18O9/c1-22-9-4-7-2-3-12(18)23-8(7)5-10(9)24-16-15(21)14(20)13(19)11(6-17)25-16/h2-5,11,13-17,19-21H,6H2,1H3/t11-,13-,14+,15-,16+/m0/s1. The summed E-state index contributed by atoms with van der Waals surface area (Å²) in [6.07, 6.45) is -7.11. The first-order valence-corrected chi connectivity index (χ1v) is 7.53. The first-order valence-electron chi connectivity index (χ1n) is 7.53. The molecule has 3 rings (SSSR count). The fraction of sp³-hybridized carbons (Fsp3) is 0.438. The van der Waals surface area contributed by atoms with Gasteiger partial charge in [-0.05, 0) is 12.1 Å². The summed E-state index contributed by atoms with van der Waals surface area (Å²) >= 11 is 0. The van der Waals surface area contributed by atoms with Crippen LogP contribution in [0.5, 0.6) is 11.5 Å². The summed E-state index contributed by atoms with van der Waals surface area (Å²) in [5, 5.41) is 39.5. The van der Waals surface area contributed by atoms with Crippen LogP contribution < -0.4 is 15.1 Å². The molecule has 1 saturated heterocycles. The molecule has 0 saturated carbocycles. The third kappa shape index (κ3) is 3.32. The van der Waals surface area contributed by atoms with Gasteiger partial charge in [-0.1, -0.05) is 0 Å². The van der Waals surface area contributed by atoms with Gasteiger partial charge in [0, 0.05) is 17.5 Å². The average molecular weight is 354 g/mol. The summed E-state index contributed by atoms with van der Waals surface area (Å²) in [7, 11) is 1.40. The Morgan fingerprint density at radius 3 is 2.52 bits per heavy atom. The van der Waals surface area contributed by atoms with Gasteiger partial charge in [0.05, 0.1) is 13.7 Å². The van der Waals surface area contributed by atoms with Crippen molar-refractivity contribution in [1.29, 1.82) is 0 Å². The molecule has 0 radical (unpaired) electrons. The second kappa shape index (κ2) is 6.98. The SMILES string of the molecule is COc1cc2ccc(=O)oc2cc1O[C@@H]1O[C@@H](CO)[C@H](O)[C@@H](O)[C@@H]1O. The Morgan fingerprint density at radius 1 is 1.08 bits per heavy atom. The van der Waals surface area contributed by atoms with Crippen molar-refractivity contribution in [2.24, 2.45) is 0 Å². The van der Waals surface area contributed by atoms with Gasteiger partial charge in [0.25, 0.3) is 0 Å². The van der Waals surface area contributed by atoms with E-state index in [9.17, 15) is 25.2 Å². The molecular weight excluding hydrogens is 336 g/mol. The third-order valence-corrected chi connectivity index (χ3v) is 4.00. The number of methoxy groups -OCH3 is 1. The van der Waals surface area contributed by atoms with Crippen LogP contribution in [-0.4, -0.2) is 64.8 Å². The lowest BCUT2D eigenvalue weighted by Crippen LogP contribution is -2.60. The molecule has 1 aliphatic heterocycles. The van der Waals surface area contributed by atoms with Crippen LogP contribution in [0.25, 0.3) is 11.0 Å². The molecule has 0 aliphatic carbocycles. The first kappa shape index (κ1) is 17.6. The molecule has 1 aliphatic rings. The fourth-order valence-electron chi connectivity index (χ4n) is 2.62. The molecule has 5 atom stereocenters. The van der Waals surface area contributed by atoms with Gasteiger partial charge in [-0.2, -0.15) is 0 Å². The largest absolute Gasteiger partial charge is 0.493 e. The van der Waals surface area contributed by atoms with Crippen LogP contribution in [0.4, 0.5) is 0 Å². The molecule has 2 heterocycles. The average Bonchev–Trinajstić information content (AvgIpc) is 2.61. The Labute approximate surface area is 141 Å². The second-order valence-electron chi connectivity index (χ2n) is 5.61. The van der Waals surface area contributed by atoms with Crippen LogP contribution in [0.3, 0.4) is 0 Å². The highest BCUT2D eigenvalue weighted by atomic mass is 16.7. The topological polar surface area (TPSA) is 139 Å². The smallest absolute Gasteiger partial charge is 0.336 e. The number of fused-ring (bicyclic) bond motifs is 1. The zero-order valence-corrected chi connectivity index (χ0v) is 13.2. The van der Waals surface area contributed by atoms with Crippen LogP contribution in [0.1, 0.15) is 0 Å². The Bertz CT molecular complexity index is 800. The maximum atomic E-state index is 11.4. The highest BCUT2D eigenvalue weighted by Crippen LogP contribution is 2.34. The van der Waals surface area contributed by atoms with Gasteiger partial charge < -0.3 is 39.1 Å². The lowest BCUT2D eigenvalue weighted by molar-refractivity contribution is -0.277. The molecule has 1 aromatic heterocycles. The fourth-order valence-corrected chi connectivity index (χ4v) is 2.62. The van der Waals surface area contributed by atoms with E-state index in [0.717, 1.165) is 0 Å². The number of hydrogen-bond donors (Lipinski definition) is 4. The lowest BCUT2D eigenvalue weighted by atomic mass is 9.99. The van der Waals surface area contributed by atoms with Gasteiger partial charge in [-0.3, -0.25) is 0 Å². The van der Waals surface area contributed by atoms with Crippen molar-refractivity contribution in [2.45, 2.75) is 30.7 Å². The van der Waals surface area contributed by atoms with Crippen molar-refractivity contribution in [3.8, 4) is 11.5 Å². The molecule has 136 valence electrons. The summed E-state index contributed by atoms with van der Waals surface area (Å²) in [6, 6.07) is 5.77. The molecule has 0 unspecified atom stereocenters. The maximum absolute atomic E-state index is 11.4. The Balaban J connectivity index is 1.94. The van der Waals surface area contributed by atoms with E-state index < -0.39 is 42.9 Å². The first-order chi connectivity index (χ1) is 11.9. The van der Waals surface area contributed by atoms with E-state index in [-0.39, 0.29) is 17.1 Å². The second-order valence-corrected chi connectivity index (χ2v) is 5.61. The van der Waals surface area contributed by atoms with Crippen molar-refractivity contribution in [3.63, 3.8) is 0 Å². The van der Waals surface area contributed by atoms with E-state index in [0.29, 0.717) is 5.39 Å². The Morgan fingerprint density at radius 2 is 1.84 bits per heavy atom. The maximum Gasteiger partial charge on any atom is 0.336 e. The molecule has 25 heavy (non-hydrogen) atoms. The van der Waals surface area contributed by atoms with E-state index in [1.54, 1.807) is 12.1 Å². The lowest BCUT2D eigenvalue weighted by Gasteiger charge is -2.39. The number of aliphatic hydroxyl groups excluding tert-OH is 4. The van der Waals surface area contributed by atoms with Crippen LogP contribution in [-0.2, 0) is 4.74 Å². The zero-order valence-electron chi connectivity index (χ0n) is 13.2. The molecule has 1 fully saturated rings. The van der Waals surface area contributed by atoms with E-state index in [2.05, 4.69) is 0 Å². The van der Waals surface area contributed by atoms with Crippen molar-refractivity contribution in [1.82, 2.24) is 0 Å². The van der Waals surface area contributed by atoms with Crippen LogP contribution in [0.15, 0.2) is 33.5 Å². The highest BCUT2D eigenvalue weighted by molar-refractivity contribution is 5.80. The Hall–Kier alpha value is -2.17. The van der Waals surface area contributed by atoms with Gasteiger partial charge in [-0.15, -0.1) is 0 Å². The Kier molecular flexibility index (Phi) is 4.93. The number of aliphatic hydroxyl groups is 4. The van der Waals surface area contributed by atoms with Crippen molar-refractivity contribution in [3.05, 3.63) is 34.7 Å². The van der Waals surface area contributed by atoms with Gasteiger partial charge in [-0.25, -0.2) is 4.79 Å². The summed E-state index contributed by atoms with van der Waals surface area (Å²) in [6.45, 7) is -0.575. The molecule has 9 nitrogen and oxygen atoms in total. The zero-order chi connectivity index (χ0) is 18.1. The van der Waals surface area contributed by atoms with Crippen molar-refractivity contribution < 1.29 is 39.1 Å². The number of rotatable bonds is 4. The monoisotopic (exact) mass is 354 g/mol. The molecule has 4 N–H and O–H groups in total.